The number of benzene rings is 1. The van der Waals surface area contributed by atoms with Crippen LogP contribution in [0.5, 0.6) is 0 Å². The van der Waals surface area contributed by atoms with Crippen molar-refractivity contribution in [2.45, 2.75) is 25.6 Å². The number of thioether (sulfide) groups is 1. The molecular weight excluding hydrogens is 218 g/mol. The monoisotopic (exact) mass is 237 g/mol. The lowest BCUT2D eigenvalue weighted by Crippen LogP contribution is -2.10. The molecule has 0 heterocycles. The summed E-state index contributed by atoms with van der Waals surface area (Å²) in [5, 5.41) is 0.500. The lowest BCUT2D eigenvalue weighted by Gasteiger charge is -2.10. The van der Waals surface area contributed by atoms with Gasteiger partial charge in [0.1, 0.15) is 0 Å². The Morgan fingerprint density at radius 1 is 1.25 bits per heavy atom. The highest BCUT2D eigenvalue weighted by molar-refractivity contribution is 8.14. The Kier molecular flexibility index (Phi) is 5.03. The van der Waals surface area contributed by atoms with E-state index in [0.717, 1.165) is 12.1 Å². The normalized spacial score (nSPS) is 11.1. The van der Waals surface area contributed by atoms with Gasteiger partial charge in [0.15, 0.2) is 0 Å². The van der Waals surface area contributed by atoms with Crippen molar-refractivity contribution in [2.75, 3.05) is 14.1 Å². The maximum Gasteiger partial charge on any atom is 0.219 e. The van der Waals surface area contributed by atoms with Crippen molar-refractivity contribution in [3.8, 4) is 0 Å². The summed E-state index contributed by atoms with van der Waals surface area (Å²) in [6.45, 7) is 4.97. The molecular formula is C13H19NOS. The topological polar surface area (TPSA) is 20.3 Å². The predicted molar refractivity (Wildman–Crippen MR) is 70.9 cm³/mol. The van der Waals surface area contributed by atoms with E-state index in [1.54, 1.807) is 0 Å². The highest BCUT2D eigenvalue weighted by Crippen LogP contribution is 2.17. The van der Waals surface area contributed by atoms with Gasteiger partial charge in [-0.05, 0) is 19.7 Å². The van der Waals surface area contributed by atoms with Crippen LogP contribution in [0.4, 0.5) is 0 Å². The minimum atomic E-state index is 0.159. The molecule has 88 valence electrons. The van der Waals surface area contributed by atoms with E-state index in [-0.39, 0.29) is 5.12 Å². The van der Waals surface area contributed by atoms with Crippen molar-refractivity contribution < 1.29 is 4.79 Å². The zero-order valence-corrected chi connectivity index (χ0v) is 11.2. The first-order chi connectivity index (χ1) is 7.49. The van der Waals surface area contributed by atoms with Gasteiger partial charge in [0.2, 0.25) is 5.12 Å². The summed E-state index contributed by atoms with van der Waals surface area (Å²) < 4.78 is 0. The summed E-state index contributed by atoms with van der Waals surface area (Å²) in [6.07, 6.45) is 0. The minimum Gasteiger partial charge on any atom is -0.305 e. The van der Waals surface area contributed by atoms with E-state index >= 15 is 0 Å². The third-order valence-corrected chi connectivity index (χ3v) is 2.95. The number of hydrogen-bond acceptors (Lipinski definition) is 3. The minimum absolute atomic E-state index is 0.159. The predicted octanol–water partition coefficient (Wildman–Crippen LogP) is 3.03. The molecule has 0 saturated carbocycles. The first-order valence-corrected chi connectivity index (χ1v) is 6.31. The van der Waals surface area contributed by atoms with Crippen LogP contribution in [0, 0.1) is 0 Å². The summed E-state index contributed by atoms with van der Waals surface area (Å²) in [5.41, 5.74) is 2.03. The Labute approximate surface area is 102 Å². The van der Waals surface area contributed by atoms with Gasteiger partial charge in [-0.15, -0.1) is 0 Å². The summed E-state index contributed by atoms with van der Waals surface area (Å²) in [6, 6.07) is 7.87. The fourth-order valence-corrected chi connectivity index (χ4v) is 2.09. The summed E-state index contributed by atoms with van der Waals surface area (Å²) in [7, 11) is 4.07. The summed E-state index contributed by atoms with van der Waals surface area (Å²) >= 11 is 1.38. The van der Waals surface area contributed by atoms with E-state index in [1.165, 1.54) is 17.3 Å². The van der Waals surface area contributed by atoms with Crippen molar-refractivity contribution >= 4 is 16.9 Å². The summed E-state index contributed by atoms with van der Waals surface area (Å²) in [4.78, 5) is 13.9. The Morgan fingerprint density at radius 2 is 1.81 bits per heavy atom. The molecule has 0 aliphatic carbocycles. The average molecular weight is 237 g/mol. The number of nitrogens with zero attached hydrogens (tertiary/aromatic N) is 1. The molecule has 0 fully saturated rings. The van der Waals surface area contributed by atoms with Crippen molar-refractivity contribution in [2.24, 2.45) is 0 Å². The molecule has 16 heavy (non-hydrogen) atoms. The van der Waals surface area contributed by atoms with Gasteiger partial charge in [-0.1, -0.05) is 49.9 Å². The molecule has 1 aromatic carbocycles. The van der Waals surface area contributed by atoms with Crippen LogP contribution in [0.15, 0.2) is 24.3 Å². The van der Waals surface area contributed by atoms with Crippen LogP contribution in [0.2, 0.25) is 0 Å². The van der Waals surface area contributed by atoms with Crippen LogP contribution in [0.3, 0.4) is 0 Å². The molecule has 1 rings (SSSR count). The molecule has 2 nitrogen and oxygen atoms in total. The maximum atomic E-state index is 11.7. The molecule has 0 aliphatic heterocycles. The van der Waals surface area contributed by atoms with Crippen molar-refractivity contribution in [3.05, 3.63) is 35.4 Å². The van der Waals surface area contributed by atoms with E-state index in [2.05, 4.69) is 4.90 Å². The molecule has 0 radical (unpaired) electrons. The van der Waals surface area contributed by atoms with Gasteiger partial charge in [0.25, 0.3) is 0 Å². The lowest BCUT2D eigenvalue weighted by atomic mass is 10.1. The molecule has 0 aliphatic rings. The Bertz CT molecular complexity index is 343. The quantitative estimate of drug-likeness (QED) is 0.803. The van der Waals surface area contributed by atoms with Gasteiger partial charge in [-0.25, -0.2) is 0 Å². The summed E-state index contributed by atoms with van der Waals surface area (Å²) in [5.74, 6) is 0. The molecule has 1 aromatic rings. The fourth-order valence-electron chi connectivity index (χ4n) is 1.39. The molecule has 0 bridgehead atoms. The molecule has 0 spiro atoms. The molecule has 0 unspecified atom stereocenters. The van der Waals surface area contributed by atoms with E-state index in [4.69, 9.17) is 0 Å². The maximum absolute atomic E-state index is 11.7. The van der Waals surface area contributed by atoms with Gasteiger partial charge in [0.05, 0.1) is 0 Å². The fraction of sp³-hybridized carbons (Fsp3) is 0.462. The third-order valence-electron chi connectivity index (χ3n) is 2.03. The number of carbonyl (C=O) groups excluding carboxylic acids is 1. The molecule has 0 atom stereocenters. The van der Waals surface area contributed by atoms with Gasteiger partial charge in [-0.3, -0.25) is 4.79 Å². The first-order valence-electron chi connectivity index (χ1n) is 5.43. The largest absolute Gasteiger partial charge is 0.305 e. The van der Waals surface area contributed by atoms with Gasteiger partial charge in [0, 0.05) is 17.4 Å². The Hall–Kier alpha value is -0.800. The lowest BCUT2D eigenvalue weighted by molar-refractivity contribution is 0.108. The molecule has 0 amide bonds. The van der Waals surface area contributed by atoms with Gasteiger partial charge < -0.3 is 4.90 Å². The van der Waals surface area contributed by atoms with Crippen molar-refractivity contribution in [1.82, 2.24) is 4.90 Å². The second-order valence-electron chi connectivity index (χ2n) is 4.39. The standard InChI is InChI=1S/C13H19NOS/c1-10(2)16-13(15)12-7-5-11(6-8-12)9-14(3)4/h5-8,10H,9H2,1-4H3. The second kappa shape index (κ2) is 6.06. The zero-order chi connectivity index (χ0) is 12.1. The third kappa shape index (κ3) is 4.37. The molecule has 3 heteroatoms. The highest BCUT2D eigenvalue weighted by Gasteiger charge is 2.08. The number of rotatable bonds is 4. The van der Waals surface area contributed by atoms with Crippen LogP contribution in [0.25, 0.3) is 0 Å². The smallest absolute Gasteiger partial charge is 0.219 e. The molecule has 0 saturated heterocycles. The van der Waals surface area contributed by atoms with Crippen LogP contribution in [0.1, 0.15) is 29.8 Å². The van der Waals surface area contributed by atoms with E-state index in [0.29, 0.717) is 5.25 Å². The van der Waals surface area contributed by atoms with Gasteiger partial charge in [-0.2, -0.15) is 0 Å². The van der Waals surface area contributed by atoms with E-state index in [1.807, 2.05) is 52.2 Å². The van der Waals surface area contributed by atoms with Crippen LogP contribution >= 0.6 is 11.8 Å². The second-order valence-corrected chi connectivity index (χ2v) is 5.94. The van der Waals surface area contributed by atoms with Crippen LogP contribution in [-0.2, 0) is 6.54 Å². The SMILES string of the molecule is CC(C)SC(=O)c1ccc(CN(C)C)cc1. The van der Waals surface area contributed by atoms with Gasteiger partial charge >= 0.3 is 0 Å². The van der Waals surface area contributed by atoms with Crippen molar-refractivity contribution in [3.63, 3.8) is 0 Å². The molecule has 0 N–H and O–H groups in total. The van der Waals surface area contributed by atoms with Crippen LogP contribution < -0.4 is 0 Å². The van der Waals surface area contributed by atoms with Crippen LogP contribution in [-0.4, -0.2) is 29.4 Å². The number of carbonyl (C=O) groups is 1. The van der Waals surface area contributed by atoms with Crippen molar-refractivity contribution in [1.29, 1.82) is 0 Å². The Balaban J connectivity index is 2.67. The first kappa shape index (κ1) is 13.3. The van der Waals surface area contributed by atoms with E-state index < -0.39 is 0 Å². The Morgan fingerprint density at radius 3 is 2.25 bits per heavy atom. The van der Waals surface area contributed by atoms with E-state index in [9.17, 15) is 4.79 Å². The molecule has 0 aromatic heterocycles. The average Bonchev–Trinajstić information content (AvgIpc) is 2.16. The number of hydrogen-bond donors (Lipinski definition) is 0. The highest BCUT2D eigenvalue weighted by atomic mass is 32.2. The zero-order valence-electron chi connectivity index (χ0n) is 10.4.